The molecule has 4 rings (SSSR count). The number of carbonyl (C=O) groups is 2. The first-order valence-electron chi connectivity index (χ1n) is 9.83. The molecule has 2 aliphatic heterocycles. The summed E-state index contributed by atoms with van der Waals surface area (Å²) in [4.78, 5) is 30.4. The number of piperazine rings is 1. The number of aryl methyl sites for hydroxylation is 1. The van der Waals surface area contributed by atoms with E-state index in [0.717, 1.165) is 53.7 Å². The van der Waals surface area contributed by atoms with Crippen molar-refractivity contribution in [2.24, 2.45) is 0 Å². The Labute approximate surface area is 176 Å². The van der Waals surface area contributed by atoms with Gasteiger partial charge in [-0.25, -0.2) is 0 Å². The van der Waals surface area contributed by atoms with Gasteiger partial charge >= 0.3 is 0 Å². The number of hydrogen-bond donors (Lipinski definition) is 1. The summed E-state index contributed by atoms with van der Waals surface area (Å²) in [6, 6.07) is 11.8. The Bertz CT molecular complexity index is 954. The molecule has 1 fully saturated rings. The van der Waals surface area contributed by atoms with E-state index < -0.39 is 0 Å². The van der Waals surface area contributed by atoms with Crippen molar-refractivity contribution >= 4 is 40.5 Å². The Morgan fingerprint density at radius 2 is 1.86 bits per heavy atom. The van der Waals surface area contributed by atoms with Crippen LogP contribution in [0.3, 0.4) is 0 Å². The molecule has 0 saturated carbocycles. The lowest BCUT2D eigenvalue weighted by atomic mass is 10.1. The molecule has 0 spiro atoms. The number of hydrogen-bond acceptors (Lipinski definition) is 4. The molecule has 0 bridgehead atoms. The van der Waals surface area contributed by atoms with Gasteiger partial charge < -0.3 is 15.1 Å². The van der Waals surface area contributed by atoms with Crippen molar-refractivity contribution in [3.05, 3.63) is 52.5 Å². The third-order valence-corrected chi connectivity index (χ3v) is 6.12. The van der Waals surface area contributed by atoms with Crippen LogP contribution in [0.15, 0.2) is 36.4 Å². The second-order valence-corrected chi connectivity index (χ2v) is 8.13. The summed E-state index contributed by atoms with van der Waals surface area (Å²) in [5.41, 5.74) is 4.86. The fourth-order valence-corrected chi connectivity index (χ4v) is 4.03. The zero-order chi connectivity index (χ0) is 20.5. The van der Waals surface area contributed by atoms with Crippen LogP contribution in [0.5, 0.6) is 0 Å². The number of nitrogens with zero attached hydrogens (tertiary/aromatic N) is 3. The molecular weight excluding hydrogens is 388 g/mol. The van der Waals surface area contributed by atoms with Crippen molar-refractivity contribution in [2.45, 2.75) is 13.3 Å². The lowest BCUT2D eigenvalue weighted by Crippen LogP contribution is -2.48. The summed E-state index contributed by atoms with van der Waals surface area (Å²) in [5, 5.41) is 3.75. The second-order valence-electron chi connectivity index (χ2n) is 7.72. The maximum absolute atomic E-state index is 12.5. The van der Waals surface area contributed by atoms with Crippen molar-refractivity contribution in [3.8, 4) is 0 Å². The van der Waals surface area contributed by atoms with Crippen molar-refractivity contribution in [1.29, 1.82) is 0 Å². The summed E-state index contributed by atoms with van der Waals surface area (Å²) in [6.07, 6.45) is 0.428. The molecule has 0 aliphatic carbocycles. The first kappa shape index (κ1) is 19.7. The molecule has 2 heterocycles. The van der Waals surface area contributed by atoms with E-state index in [9.17, 15) is 9.59 Å². The fraction of sp³-hybridized carbons (Fsp3) is 0.364. The lowest BCUT2D eigenvalue weighted by Gasteiger charge is -2.36. The van der Waals surface area contributed by atoms with Crippen LogP contribution in [-0.2, 0) is 16.0 Å². The topological polar surface area (TPSA) is 55.9 Å². The molecule has 2 amide bonds. The average Bonchev–Trinajstić information content (AvgIpc) is 2.98. The number of nitrogens with one attached hydrogen (secondary N) is 1. The van der Waals surface area contributed by atoms with Gasteiger partial charge in [0.05, 0.1) is 13.0 Å². The molecule has 0 radical (unpaired) electrons. The summed E-state index contributed by atoms with van der Waals surface area (Å²) >= 11 is 6.12. The van der Waals surface area contributed by atoms with Gasteiger partial charge in [0.1, 0.15) is 0 Å². The highest BCUT2D eigenvalue weighted by molar-refractivity contribution is 6.31. The summed E-state index contributed by atoms with van der Waals surface area (Å²) in [7, 11) is 1.77. The summed E-state index contributed by atoms with van der Waals surface area (Å²) < 4.78 is 0. The van der Waals surface area contributed by atoms with Gasteiger partial charge in [0.15, 0.2) is 0 Å². The Morgan fingerprint density at radius 3 is 2.59 bits per heavy atom. The number of benzene rings is 2. The van der Waals surface area contributed by atoms with Crippen LogP contribution in [0.4, 0.5) is 17.1 Å². The molecule has 2 aromatic rings. The molecule has 2 aliphatic rings. The first-order chi connectivity index (χ1) is 13.9. The molecule has 0 aromatic heterocycles. The van der Waals surface area contributed by atoms with Crippen LogP contribution in [0.2, 0.25) is 5.02 Å². The molecule has 6 nitrogen and oxygen atoms in total. The summed E-state index contributed by atoms with van der Waals surface area (Å²) in [6.45, 7) is 5.78. The number of likely N-dealkylation sites (N-methyl/N-ethyl adjacent to an activating group) is 1. The van der Waals surface area contributed by atoms with E-state index in [2.05, 4.69) is 21.2 Å². The van der Waals surface area contributed by atoms with Gasteiger partial charge in [-0.1, -0.05) is 17.7 Å². The zero-order valence-electron chi connectivity index (χ0n) is 16.7. The van der Waals surface area contributed by atoms with E-state index in [1.165, 1.54) is 5.69 Å². The Morgan fingerprint density at radius 1 is 1.10 bits per heavy atom. The summed E-state index contributed by atoms with van der Waals surface area (Å²) in [5.74, 6) is 0.0462. The molecule has 0 atom stereocenters. The van der Waals surface area contributed by atoms with Gasteiger partial charge in [-0.05, 0) is 48.4 Å². The first-order valence-corrected chi connectivity index (χ1v) is 10.2. The largest absolute Gasteiger partial charge is 0.369 e. The molecule has 7 heteroatoms. The minimum Gasteiger partial charge on any atom is -0.369 e. The van der Waals surface area contributed by atoms with Crippen LogP contribution in [0, 0.1) is 6.92 Å². The molecule has 1 N–H and O–H groups in total. The minimum atomic E-state index is -0.0345. The molecule has 152 valence electrons. The number of carbonyl (C=O) groups excluding carboxylic acids is 2. The number of amides is 2. The van der Waals surface area contributed by atoms with E-state index in [4.69, 9.17) is 11.6 Å². The maximum Gasteiger partial charge on any atom is 0.238 e. The van der Waals surface area contributed by atoms with Crippen LogP contribution in [-0.4, -0.2) is 56.5 Å². The van der Waals surface area contributed by atoms with Gasteiger partial charge in [-0.2, -0.15) is 0 Å². The monoisotopic (exact) mass is 412 g/mol. The number of fused-ring (bicyclic) bond motifs is 1. The van der Waals surface area contributed by atoms with Crippen molar-refractivity contribution < 1.29 is 9.59 Å². The highest BCUT2D eigenvalue weighted by Crippen LogP contribution is 2.30. The van der Waals surface area contributed by atoms with Crippen LogP contribution in [0.1, 0.15) is 11.1 Å². The Hall–Kier alpha value is -2.57. The van der Waals surface area contributed by atoms with Crippen LogP contribution in [0.25, 0.3) is 0 Å². The van der Waals surface area contributed by atoms with Crippen LogP contribution >= 0.6 is 11.6 Å². The molecule has 29 heavy (non-hydrogen) atoms. The molecular formula is C22H25ClN4O2. The van der Waals surface area contributed by atoms with E-state index in [-0.39, 0.29) is 11.8 Å². The van der Waals surface area contributed by atoms with Gasteiger partial charge in [-0.15, -0.1) is 0 Å². The smallest absolute Gasteiger partial charge is 0.238 e. The number of halogens is 1. The number of rotatable bonds is 4. The highest BCUT2D eigenvalue weighted by atomic mass is 35.5. The second kappa shape index (κ2) is 8.05. The predicted octanol–water partition coefficient (Wildman–Crippen LogP) is 2.93. The van der Waals surface area contributed by atoms with Crippen molar-refractivity contribution in [2.75, 3.05) is 54.9 Å². The average molecular weight is 413 g/mol. The van der Waals surface area contributed by atoms with E-state index in [1.54, 1.807) is 11.9 Å². The normalized spacial score (nSPS) is 16.9. The van der Waals surface area contributed by atoms with E-state index >= 15 is 0 Å². The highest BCUT2D eigenvalue weighted by Gasteiger charge is 2.24. The Balaban J connectivity index is 1.30. The molecule has 2 aromatic carbocycles. The van der Waals surface area contributed by atoms with Crippen molar-refractivity contribution in [1.82, 2.24) is 4.90 Å². The number of anilines is 3. The van der Waals surface area contributed by atoms with Crippen LogP contribution < -0.4 is 15.1 Å². The Kier molecular flexibility index (Phi) is 5.48. The van der Waals surface area contributed by atoms with Gasteiger partial charge in [0.25, 0.3) is 0 Å². The van der Waals surface area contributed by atoms with Gasteiger partial charge in [-0.3, -0.25) is 14.5 Å². The van der Waals surface area contributed by atoms with E-state index in [1.807, 2.05) is 37.3 Å². The van der Waals surface area contributed by atoms with Crippen molar-refractivity contribution in [3.63, 3.8) is 0 Å². The standard InChI is InChI=1S/C22H25ClN4O2/c1-15-11-18(5-6-19(15)23)27-9-7-26(8-10-27)14-21(28)24-17-4-3-16-12-22(29)25(2)20(16)13-17/h3-6,11,13H,7-10,12,14H2,1-2H3,(H,24,28). The van der Waals surface area contributed by atoms with Gasteiger partial charge in [0.2, 0.25) is 11.8 Å². The SMILES string of the molecule is Cc1cc(N2CCN(CC(=O)Nc3ccc4c(c3)N(C)C(=O)C4)CC2)ccc1Cl. The molecule has 1 saturated heterocycles. The fourth-order valence-electron chi connectivity index (χ4n) is 3.91. The molecule has 0 unspecified atom stereocenters. The predicted molar refractivity (Wildman–Crippen MR) is 117 cm³/mol. The quantitative estimate of drug-likeness (QED) is 0.838. The third-order valence-electron chi connectivity index (χ3n) is 5.69. The minimum absolute atomic E-state index is 0.0345. The zero-order valence-corrected chi connectivity index (χ0v) is 17.5. The lowest BCUT2D eigenvalue weighted by molar-refractivity contribution is -0.118. The van der Waals surface area contributed by atoms with E-state index in [0.29, 0.717) is 13.0 Å². The maximum atomic E-state index is 12.5. The van der Waals surface area contributed by atoms with Gasteiger partial charge in [0, 0.05) is 55.3 Å². The third kappa shape index (κ3) is 4.23.